The number of benzene rings is 2. The number of esters is 1. The summed E-state index contributed by atoms with van der Waals surface area (Å²) in [6.07, 6.45) is 0.855. The number of likely N-dealkylation sites (tertiary alicyclic amines) is 1. The SMILES string of the molecule is COc1ccc(C(C)N2CCC2C(=O)OCc2ccccc2)cc1. The van der Waals surface area contributed by atoms with Crippen LogP contribution in [0.15, 0.2) is 54.6 Å². The maximum Gasteiger partial charge on any atom is 0.323 e. The normalized spacial score (nSPS) is 18.5. The molecule has 1 fully saturated rings. The number of nitrogens with zero attached hydrogens (tertiary/aromatic N) is 1. The molecule has 0 bridgehead atoms. The standard InChI is InChI=1S/C20H23NO3/c1-15(17-8-10-18(23-2)11-9-17)21-13-12-19(21)20(22)24-14-16-6-4-3-5-7-16/h3-11,15,19H,12-14H2,1-2H3. The largest absolute Gasteiger partial charge is 0.497 e. The third-order valence-corrected chi connectivity index (χ3v) is 4.65. The molecule has 0 radical (unpaired) electrons. The first-order chi connectivity index (χ1) is 11.7. The summed E-state index contributed by atoms with van der Waals surface area (Å²) in [4.78, 5) is 14.6. The van der Waals surface area contributed by atoms with Crippen molar-refractivity contribution in [2.75, 3.05) is 13.7 Å². The molecule has 2 aromatic carbocycles. The van der Waals surface area contributed by atoms with E-state index in [1.54, 1.807) is 7.11 Å². The minimum absolute atomic E-state index is 0.134. The Kier molecular flexibility index (Phi) is 5.16. The van der Waals surface area contributed by atoms with Crippen LogP contribution in [0.2, 0.25) is 0 Å². The minimum atomic E-state index is -0.147. The Balaban J connectivity index is 1.57. The fraction of sp³-hybridized carbons (Fsp3) is 0.350. The zero-order valence-electron chi connectivity index (χ0n) is 14.1. The van der Waals surface area contributed by atoms with Crippen LogP contribution in [-0.4, -0.2) is 30.6 Å². The molecule has 2 atom stereocenters. The molecule has 1 aliphatic rings. The van der Waals surface area contributed by atoms with E-state index in [1.807, 2.05) is 54.6 Å². The van der Waals surface area contributed by atoms with E-state index in [9.17, 15) is 4.79 Å². The molecule has 2 aromatic rings. The zero-order valence-corrected chi connectivity index (χ0v) is 14.1. The molecule has 126 valence electrons. The van der Waals surface area contributed by atoms with Gasteiger partial charge in [0.1, 0.15) is 18.4 Å². The van der Waals surface area contributed by atoms with Gasteiger partial charge in [-0.2, -0.15) is 0 Å². The molecule has 1 heterocycles. The summed E-state index contributed by atoms with van der Waals surface area (Å²) in [7, 11) is 1.66. The number of rotatable bonds is 6. The summed E-state index contributed by atoms with van der Waals surface area (Å²) in [6, 6.07) is 17.8. The van der Waals surface area contributed by atoms with Crippen molar-refractivity contribution in [3.63, 3.8) is 0 Å². The summed E-state index contributed by atoms with van der Waals surface area (Å²) in [5.41, 5.74) is 2.19. The Morgan fingerprint density at radius 1 is 1.17 bits per heavy atom. The van der Waals surface area contributed by atoms with E-state index >= 15 is 0 Å². The summed E-state index contributed by atoms with van der Waals surface area (Å²) in [5, 5.41) is 0. The van der Waals surface area contributed by atoms with Gasteiger partial charge in [-0.25, -0.2) is 0 Å². The van der Waals surface area contributed by atoms with E-state index in [2.05, 4.69) is 11.8 Å². The van der Waals surface area contributed by atoms with Gasteiger partial charge in [0.05, 0.1) is 7.11 Å². The second-order valence-corrected chi connectivity index (χ2v) is 6.08. The Morgan fingerprint density at radius 3 is 2.46 bits per heavy atom. The third kappa shape index (κ3) is 3.60. The lowest BCUT2D eigenvalue weighted by Crippen LogP contribution is -2.53. The van der Waals surface area contributed by atoms with Gasteiger partial charge in [-0.05, 0) is 36.6 Å². The van der Waals surface area contributed by atoms with Crippen molar-refractivity contribution in [2.45, 2.75) is 32.0 Å². The maximum atomic E-state index is 12.4. The highest BCUT2D eigenvalue weighted by Crippen LogP contribution is 2.31. The quantitative estimate of drug-likeness (QED) is 0.761. The molecule has 0 aromatic heterocycles. The molecule has 0 N–H and O–H groups in total. The number of hydrogen-bond donors (Lipinski definition) is 0. The van der Waals surface area contributed by atoms with E-state index in [0.717, 1.165) is 24.3 Å². The molecule has 3 rings (SSSR count). The van der Waals surface area contributed by atoms with Gasteiger partial charge in [0.15, 0.2) is 0 Å². The van der Waals surface area contributed by atoms with Crippen LogP contribution in [0.1, 0.15) is 30.5 Å². The lowest BCUT2D eigenvalue weighted by atomic mass is 9.96. The summed E-state index contributed by atoms with van der Waals surface area (Å²) in [5.74, 6) is 0.707. The van der Waals surface area contributed by atoms with Gasteiger partial charge in [-0.3, -0.25) is 9.69 Å². The lowest BCUT2D eigenvalue weighted by molar-refractivity contribution is -0.158. The van der Waals surface area contributed by atoms with E-state index in [-0.39, 0.29) is 18.1 Å². The lowest BCUT2D eigenvalue weighted by Gasteiger charge is -2.43. The predicted octanol–water partition coefficient (Wildman–Crippen LogP) is 3.57. The first kappa shape index (κ1) is 16.5. The zero-order chi connectivity index (χ0) is 16.9. The van der Waals surface area contributed by atoms with Gasteiger partial charge < -0.3 is 9.47 Å². The van der Waals surface area contributed by atoms with Crippen LogP contribution >= 0.6 is 0 Å². The van der Waals surface area contributed by atoms with Crippen molar-refractivity contribution in [2.24, 2.45) is 0 Å². The number of carbonyl (C=O) groups excluding carboxylic acids is 1. The van der Waals surface area contributed by atoms with Crippen molar-refractivity contribution in [1.82, 2.24) is 4.90 Å². The number of ether oxygens (including phenoxy) is 2. The van der Waals surface area contributed by atoms with Crippen LogP contribution in [0.25, 0.3) is 0 Å². The van der Waals surface area contributed by atoms with Crippen molar-refractivity contribution in [1.29, 1.82) is 0 Å². The van der Waals surface area contributed by atoms with Crippen molar-refractivity contribution < 1.29 is 14.3 Å². The average Bonchev–Trinajstić information content (AvgIpc) is 2.60. The highest BCUT2D eigenvalue weighted by Gasteiger charge is 2.38. The fourth-order valence-electron chi connectivity index (χ4n) is 3.02. The monoisotopic (exact) mass is 325 g/mol. The maximum absolute atomic E-state index is 12.4. The number of carbonyl (C=O) groups is 1. The molecule has 1 saturated heterocycles. The Labute approximate surface area is 143 Å². The summed E-state index contributed by atoms with van der Waals surface area (Å²) in [6.45, 7) is 3.37. The molecule has 4 nitrogen and oxygen atoms in total. The van der Waals surface area contributed by atoms with Crippen LogP contribution in [0, 0.1) is 0 Å². The molecule has 4 heteroatoms. The van der Waals surface area contributed by atoms with Crippen LogP contribution in [0.4, 0.5) is 0 Å². The highest BCUT2D eigenvalue weighted by molar-refractivity contribution is 5.77. The predicted molar refractivity (Wildman–Crippen MR) is 92.8 cm³/mol. The van der Waals surface area contributed by atoms with Crippen molar-refractivity contribution in [3.05, 3.63) is 65.7 Å². The van der Waals surface area contributed by atoms with Crippen LogP contribution in [0.3, 0.4) is 0 Å². The Morgan fingerprint density at radius 2 is 1.88 bits per heavy atom. The number of hydrogen-bond acceptors (Lipinski definition) is 4. The first-order valence-corrected chi connectivity index (χ1v) is 8.29. The molecule has 0 amide bonds. The summed E-state index contributed by atoms with van der Waals surface area (Å²) >= 11 is 0. The molecule has 24 heavy (non-hydrogen) atoms. The molecular formula is C20H23NO3. The molecular weight excluding hydrogens is 302 g/mol. The van der Waals surface area contributed by atoms with Crippen LogP contribution < -0.4 is 4.74 Å². The average molecular weight is 325 g/mol. The molecule has 2 unspecified atom stereocenters. The first-order valence-electron chi connectivity index (χ1n) is 8.29. The molecule has 0 spiro atoms. The van der Waals surface area contributed by atoms with Crippen LogP contribution in [0.5, 0.6) is 5.75 Å². The van der Waals surface area contributed by atoms with E-state index in [0.29, 0.717) is 6.61 Å². The van der Waals surface area contributed by atoms with Gasteiger partial charge in [0.25, 0.3) is 0 Å². The minimum Gasteiger partial charge on any atom is -0.497 e. The fourth-order valence-corrected chi connectivity index (χ4v) is 3.02. The smallest absolute Gasteiger partial charge is 0.323 e. The van der Waals surface area contributed by atoms with E-state index < -0.39 is 0 Å². The molecule has 0 aliphatic carbocycles. The van der Waals surface area contributed by atoms with E-state index in [4.69, 9.17) is 9.47 Å². The topological polar surface area (TPSA) is 38.8 Å². The van der Waals surface area contributed by atoms with Gasteiger partial charge in [-0.15, -0.1) is 0 Å². The van der Waals surface area contributed by atoms with Gasteiger partial charge in [0.2, 0.25) is 0 Å². The third-order valence-electron chi connectivity index (χ3n) is 4.65. The summed E-state index contributed by atoms with van der Waals surface area (Å²) < 4.78 is 10.7. The second kappa shape index (κ2) is 7.49. The van der Waals surface area contributed by atoms with Crippen molar-refractivity contribution >= 4 is 5.97 Å². The van der Waals surface area contributed by atoms with Gasteiger partial charge in [0, 0.05) is 12.6 Å². The van der Waals surface area contributed by atoms with Gasteiger partial charge >= 0.3 is 5.97 Å². The molecule has 1 aliphatic heterocycles. The second-order valence-electron chi connectivity index (χ2n) is 6.08. The Hall–Kier alpha value is -2.33. The molecule has 0 saturated carbocycles. The van der Waals surface area contributed by atoms with Crippen LogP contribution in [-0.2, 0) is 16.1 Å². The van der Waals surface area contributed by atoms with Gasteiger partial charge in [-0.1, -0.05) is 42.5 Å². The number of methoxy groups -OCH3 is 1. The Bertz CT molecular complexity index is 669. The van der Waals surface area contributed by atoms with Crippen molar-refractivity contribution in [3.8, 4) is 5.75 Å². The van der Waals surface area contributed by atoms with E-state index in [1.165, 1.54) is 5.56 Å². The highest BCUT2D eigenvalue weighted by atomic mass is 16.5.